The number of anilines is 1. The van der Waals surface area contributed by atoms with Gasteiger partial charge in [-0.05, 0) is 13.3 Å². The molecule has 0 amide bonds. The average molecular weight is 287 g/mol. The van der Waals surface area contributed by atoms with Gasteiger partial charge in [-0.25, -0.2) is 23.2 Å². The maximum absolute atomic E-state index is 11.4. The van der Waals surface area contributed by atoms with Crippen LogP contribution in [0.3, 0.4) is 0 Å². The zero-order valence-electron chi connectivity index (χ0n) is 10.8. The number of nitrogens with zero attached hydrogens (tertiary/aromatic N) is 2. The zero-order valence-corrected chi connectivity index (χ0v) is 11.6. The minimum Gasteiger partial charge on any atom is -0.480 e. The summed E-state index contributed by atoms with van der Waals surface area (Å²) >= 11 is 0. The number of carboxylic acids is 1. The summed E-state index contributed by atoms with van der Waals surface area (Å²) in [5.41, 5.74) is 0.697. The van der Waals surface area contributed by atoms with E-state index in [4.69, 9.17) is 5.11 Å². The number of hydrogen-bond donors (Lipinski definition) is 2. The molecule has 8 heteroatoms. The summed E-state index contributed by atoms with van der Waals surface area (Å²) in [5, 5.41) is 11.8. The molecular weight excluding hydrogens is 270 g/mol. The van der Waals surface area contributed by atoms with Gasteiger partial charge in [-0.15, -0.1) is 0 Å². The van der Waals surface area contributed by atoms with Gasteiger partial charge in [-0.3, -0.25) is 0 Å². The SMILES string of the molecule is CCS(=O)(=O)CCC(Nc1cc(C)ncn1)C(=O)O. The molecule has 1 atom stereocenters. The first-order chi connectivity index (χ1) is 8.84. The number of nitrogens with one attached hydrogen (secondary N) is 1. The predicted molar refractivity (Wildman–Crippen MR) is 70.8 cm³/mol. The van der Waals surface area contributed by atoms with E-state index in [1.807, 2.05) is 0 Å². The van der Waals surface area contributed by atoms with Gasteiger partial charge >= 0.3 is 5.97 Å². The number of aromatic nitrogens is 2. The van der Waals surface area contributed by atoms with E-state index in [0.717, 1.165) is 0 Å². The van der Waals surface area contributed by atoms with E-state index in [0.29, 0.717) is 11.5 Å². The van der Waals surface area contributed by atoms with Gasteiger partial charge in [0, 0.05) is 17.5 Å². The molecule has 0 aromatic carbocycles. The topological polar surface area (TPSA) is 109 Å². The lowest BCUT2D eigenvalue weighted by molar-refractivity contribution is -0.137. The first-order valence-corrected chi connectivity index (χ1v) is 7.64. The molecule has 0 fully saturated rings. The van der Waals surface area contributed by atoms with Crippen molar-refractivity contribution in [3.8, 4) is 0 Å². The van der Waals surface area contributed by atoms with Gasteiger partial charge in [0.05, 0.1) is 5.75 Å². The second-order valence-electron chi connectivity index (χ2n) is 4.10. The Kier molecular flexibility index (Phi) is 5.22. The number of rotatable bonds is 7. The van der Waals surface area contributed by atoms with Crippen molar-refractivity contribution in [3.05, 3.63) is 18.1 Å². The van der Waals surface area contributed by atoms with Gasteiger partial charge < -0.3 is 10.4 Å². The quantitative estimate of drug-likeness (QED) is 0.750. The third-order valence-electron chi connectivity index (χ3n) is 2.58. The van der Waals surface area contributed by atoms with Gasteiger partial charge in [-0.2, -0.15) is 0 Å². The fourth-order valence-electron chi connectivity index (χ4n) is 1.41. The molecule has 0 radical (unpaired) electrons. The van der Waals surface area contributed by atoms with Crippen molar-refractivity contribution in [2.24, 2.45) is 0 Å². The molecular formula is C11H17N3O4S. The molecule has 0 aliphatic carbocycles. The molecule has 1 heterocycles. The molecule has 1 aromatic heterocycles. The third kappa shape index (κ3) is 5.21. The predicted octanol–water partition coefficient (Wildman–Crippen LogP) is 0.475. The molecule has 0 saturated heterocycles. The number of hydrogen-bond acceptors (Lipinski definition) is 6. The highest BCUT2D eigenvalue weighted by Crippen LogP contribution is 2.08. The number of carboxylic acid groups (broad SMARTS) is 1. The molecule has 1 aromatic rings. The molecule has 1 rings (SSSR count). The summed E-state index contributed by atoms with van der Waals surface area (Å²) in [7, 11) is -3.18. The van der Waals surface area contributed by atoms with Crippen LogP contribution in [0.15, 0.2) is 12.4 Å². The zero-order chi connectivity index (χ0) is 14.5. The average Bonchev–Trinajstić information content (AvgIpc) is 2.34. The van der Waals surface area contributed by atoms with E-state index < -0.39 is 21.8 Å². The Hall–Kier alpha value is -1.70. The van der Waals surface area contributed by atoms with E-state index in [9.17, 15) is 13.2 Å². The Morgan fingerprint density at radius 1 is 1.47 bits per heavy atom. The minimum atomic E-state index is -3.18. The highest BCUT2D eigenvalue weighted by molar-refractivity contribution is 7.91. The van der Waals surface area contributed by atoms with Gasteiger partial charge in [-0.1, -0.05) is 6.92 Å². The molecule has 7 nitrogen and oxygen atoms in total. The van der Waals surface area contributed by atoms with Crippen LogP contribution < -0.4 is 5.32 Å². The highest BCUT2D eigenvalue weighted by Gasteiger charge is 2.20. The van der Waals surface area contributed by atoms with Crippen LogP contribution >= 0.6 is 0 Å². The molecule has 0 aliphatic heterocycles. The Morgan fingerprint density at radius 2 is 2.16 bits per heavy atom. The smallest absolute Gasteiger partial charge is 0.326 e. The molecule has 1 unspecified atom stereocenters. The normalized spacial score (nSPS) is 12.9. The minimum absolute atomic E-state index is 0.00540. The van der Waals surface area contributed by atoms with E-state index in [1.165, 1.54) is 13.3 Å². The van der Waals surface area contributed by atoms with Crippen LogP contribution in [0.4, 0.5) is 5.82 Å². The summed E-state index contributed by atoms with van der Waals surface area (Å²) in [6.45, 7) is 3.29. The van der Waals surface area contributed by atoms with E-state index in [-0.39, 0.29) is 17.9 Å². The van der Waals surface area contributed by atoms with Crippen LogP contribution in [0.1, 0.15) is 19.0 Å². The first kappa shape index (κ1) is 15.4. The van der Waals surface area contributed by atoms with Crippen LogP contribution in [0.2, 0.25) is 0 Å². The first-order valence-electron chi connectivity index (χ1n) is 5.82. The maximum Gasteiger partial charge on any atom is 0.326 e. The van der Waals surface area contributed by atoms with Gasteiger partial charge in [0.1, 0.15) is 28.0 Å². The lowest BCUT2D eigenvalue weighted by atomic mass is 10.2. The van der Waals surface area contributed by atoms with Crippen LogP contribution in [-0.4, -0.2) is 47.0 Å². The van der Waals surface area contributed by atoms with Crippen molar-refractivity contribution in [1.29, 1.82) is 0 Å². The molecule has 2 N–H and O–H groups in total. The summed E-state index contributed by atoms with van der Waals surface area (Å²) in [6, 6.07) is 0.611. The molecule has 0 aliphatic rings. The maximum atomic E-state index is 11.4. The molecule has 0 bridgehead atoms. The Morgan fingerprint density at radius 3 is 2.68 bits per heavy atom. The number of carbonyl (C=O) groups is 1. The van der Waals surface area contributed by atoms with Crippen molar-refractivity contribution in [2.45, 2.75) is 26.3 Å². The standard InChI is InChI=1S/C11H17N3O4S/c1-3-19(17,18)5-4-9(11(15)16)14-10-6-8(2)12-7-13-10/h6-7,9H,3-5H2,1-2H3,(H,15,16)(H,12,13,14). The number of aliphatic carboxylic acids is 1. The van der Waals surface area contributed by atoms with Crippen molar-refractivity contribution in [1.82, 2.24) is 9.97 Å². The molecule has 0 spiro atoms. The molecule has 19 heavy (non-hydrogen) atoms. The molecule has 0 saturated carbocycles. The summed E-state index contributed by atoms with van der Waals surface area (Å²) in [6.07, 6.45) is 1.31. The van der Waals surface area contributed by atoms with Crippen LogP contribution in [0, 0.1) is 6.92 Å². The Bertz CT molecular complexity index is 545. The van der Waals surface area contributed by atoms with E-state index in [2.05, 4.69) is 15.3 Å². The summed E-state index contributed by atoms with van der Waals surface area (Å²) in [5.74, 6) is -0.903. The second kappa shape index (κ2) is 6.46. The van der Waals surface area contributed by atoms with Crippen molar-refractivity contribution >= 4 is 21.6 Å². The van der Waals surface area contributed by atoms with Crippen molar-refractivity contribution in [3.63, 3.8) is 0 Å². The fourth-order valence-corrected chi connectivity index (χ4v) is 2.29. The summed E-state index contributed by atoms with van der Waals surface area (Å²) in [4.78, 5) is 18.9. The number of sulfone groups is 1. The van der Waals surface area contributed by atoms with Gasteiger partial charge in [0.25, 0.3) is 0 Å². The Balaban J connectivity index is 2.71. The second-order valence-corrected chi connectivity index (χ2v) is 6.58. The third-order valence-corrected chi connectivity index (χ3v) is 4.32. The van der Waals surface area contributed by atoms with E-state index in [1.54, 1.807) is 13.0 Å². The lowest BCUT2D eigenvalue weighted by Crippen LogP contribution is -2.32. The lowest BCUT2D eigenvalue weighted by Gasteiger charge is -2.14. The summed E-state index contributed by atoms with van der Waals surface area (Å²) < 4.78 is 22.8. The number of aryl methyl sites for hydroxylation is 1. The molecule has 106 valence electrons. The fraction of sp³-hybridized carbons (Fsp3) is 0.545. The Labute approximate surface area is 112 Å². The van der Waals surface area contributed by atoms with Crippen LogP contribution in [0.5, 0.6) is 0 Å². The highest BCUT2D eigenvalue weighted by atomic mass is 32.2. The van der Waals surface area contributed by atoms with Gasteiger partial charge in [0.2, 0.25) is 0 Å². The van der Waals surface area contributed by atoms with E-state index >= 15 is 0 Å². The van der Waals surface area contributed by atoms with Crippen molar-refractivity contribution in [2.75, 3.05) is 16.8 Å². The van der Waals surface area contributed by atoms with Crippen LogP contribution in [-0.2, 0) is 14.6 Å². The monoisotopic (exact) mass is 287 g/mol. The largest absolute Gasteiger partial charge is 0.480 e. The van der Waals surface area contributed by atoms with Crippen LogP contribution in [0.25, 0.3) is 0 Å². The van der Waals surface area contributed by atoms with Gasteiger partial charge in [0.15, 0.2) is 0 Å². The van der Waals surface area contributed by atoms with Crippen molar-refractivity contribution < 1.29 is 18.3 Å².